The first-order chi connectivity index (χ1) is 12.7. The predicted molar refractivity (Wildman–Crippen MR) is 104 cm³/mol. The Labute approximate surface area is 158 Å². The zero-order chi connectivity index (χ0) is 18.4. The Morgan fingerprint density at radius 2 is 1.88 bits per heavy atom. The molecule has 0 spiro atoms. The number of guanidine groups is 1. The first kappa shape index (κ1) is 18.2. The number of piperazine rings is 1. The summed E-state index contributed by atoms with van der Waals surface area (Å²) < 4.78 is 0. The molecule has 0 aliphatic carbocycles. The zero-order valence-corrected chi connectivity index (χ0v) is 15.4. The number of thioether (sulfide) groups is 1. The van der Waals surface area contributed by atoms with Crippen LogP contribution in [0.5, 0.6) is 0 Å². The summed E-state index contributed by atoms with van der Waals surface area (Å²) in [5, 5.41) is 17.8. The second-order valence-electron chi connectivity index (χ2n) is 6.17. The molecule has 0 unspecified atom stereocenters. The maximum Gasteiger partial charge on any atom is 0.188 e. The van der Waals surface area contributed by atoms with Gasteiger partial charge < -0.3 is 10.6 Å². The molecule has 0 bridgehead atoms. The van der Waals surface area contributed by atoms with E-state index in [9.17, 15) is 5.26 Å². The molecule has 134 valence electrons. The Kier molecular flexibility index (Phi) is 6.10. The summed E-state index contributed by atoms with van der Waals surface area (Å²) in [5.74, 6) is 0.879. The highest BCUT2D eigenvalue weighted by atomic mass is 32.2. The van der Waals surface area contributed by atoms with E-state index in [0.29, 0.717) is 0 Å². The molecule has 0 atom stereocenters. The molecular weight excluding hydrogens is 344 g/mol. The zero-order valence-electron chi connectivity index (χ0n) is 14.6. The van der Waals surface area contributed by atoms with Crippen LogP contribution in [0.2, 0.25) is 0 Å². The maximum absolute atomic E-state index is 9.24. The SMILES string of the molecule is N#Cc1ccccc1CSc1ncccc1CN1CCN(C(=N)N)CC1. The molecule has 1 aromatic carbocycles. The number of nitrogens with two attached hydrogens (primary N) is 1. The standard InChI is InChI=1S/C19H22N6S/c20-12-15-4-1-2-5-17(15)14-26-18-16(6-3-7-23-18)13-24-8-10-25(11-9-24)19(21)22/h1-7H,8-11,13-14H2,(H3,21,22). The third-order valence-corrected chi connectivity index (χ3v) is 5.56. The van der Waals surface area contributed by atoms with Crippen LogP contribution in [0.15, 0.2) is 47.6 Å². The molecule has 1 fully saturated rings. The second kappa shape index (κ2) is 8.70. The van der Waals surface area contributed by atoms with E-state index in [-0.39, 0.29) is 5.96 Å². The lowest BCUT2D eigenvalue weighted by Gasteiger charge is -2.35. The van der Waals surface area contributed by atoms with Crippen LogP contribution >= 0.6 is 11.8 Å². The first-order valence-corrected chi connectivity index (χ1v) is 9.52. The topological polar surface area (TPSA) is 93.0 Å². The van der Waals surface area contributed by atoms with Gasteiger partial charge in [0, 0.05) is 44.7 Å². The highest BCUT2D eigenvalue weighted by molar-refractivity contribution is 7.98. The van der Waals surface area contributed by atoms with Crippen LogP contribution in [0.4, 0.5) is 0 Å². The molecule has 2 aromatic rings. The maximum atomic E-state index is 9.24. The van der Waals surface area contributed by atoms with Crippen molar-refractivity contribution in [2.24, 2.45) is 5.73 Å². The molecule has 3 N–H and O–H groups in total. The van der Waals surface area contributed by atoms with Crippen LogP contribution in [0.25, 0.3) is 0 Å². The van der Waals surface area contributed by atoms with Crippen LogP contribution in [0, 0.1) is 16.7 Å². The number of pyridine rings is 1. The van der Waals surface area contributed by atoms with Gasteiger partial charge in [-0.15, -0.1) is 11.8 Å². The number of rotatable bonds is 5. The van der Waals surface area contributed by atoms with Crippen LogP contribution in [0.1, 0.15) is 16.7 Å². The van der Waals surface area contributed by atoms with Gasteiger partial charge >= 0.3 is 0 Å². The summed E-state index contributed by atoms with van der Waals surface area (Å²) in [6, 6.07) is 14.0. The number of hydrogen-bond donors (Lipinski definition) is 2. The van der Waals surface area contributed by atoms with E-state index >= 15 is 0 Å². The van der Waals surface area contributed by atoms with Crippen molar-refractivity contribution in [3.8, 4) is 6.07 Å². The highest BCUT2D eigenvalue weighted by Gasteiger charge is 2.19. The van der Waals surface area contributed by atoms with Gasteiger partial charge in [-0.1, -0.05) is 24.3 Å². The molecule has 3 rings (SSSR count). The monoisotopic (exact) mass is 366 g/mol. The number of nitriles is 1. The van der Waals surface area contributed by atoms with Gasteiger partial charge in [0.05, 0.1) is 11.6 Å². The summed E-state index contributed by atoms with van der Waals surface area (Å²) in [7, 11) is 0. The fourth-order valence-electron chi connectivity index (χ4n) is 2.96. The van der Waals surface area contributed by atoms with E-state index in [4.69, 9.17) is 11.1 Å². The Morgan fingerprint density at radius 1 is 1.15 bits per heavy atom. The average Bonchev–Trinajstić information content (AvgIpc) is 2.68. The van der Waals surface area contributed by atoms with Crippen molar-refractivity contribution in [2.45, 2.75) is 17.3 Å². The number of nitrogens with zero attached hydrogens (tertiary/aromatic N) is 4. The van der Waals surface area contributed by atoms with Gasteiger partial charge in [-0.05, 0) is 23.3 Å². The molecule has 1 aliphatic heterocycles. The van der Waals surface area contributed by atoms with Crippen LogP contribution in [-0.4, -0.2) is 46.9 Å². The van der Waals surface area contributed by atoms with Gasteiger partial charge in [-0.3, -0.25) is 10.3 Å². The molecule has 26 heavy (non-hydrogen) atoms. The molecule has 1 aliphatic rings. The minimum absolute atomic E-state index is 0.151. The van der Waals surface area contributed by atoms with Gasteiger partial charge in [-0.25, -0.2) is 4.98 Å². The first-order valence-electron chi connectivity index (χ1n) is 8.53. The Morgan fingerprint density at radius 3 is 2.62 bits per heavy atom. The molecule has 1 saturated heterocycles. The lowest BCUT2D eigenvalue weighted by Crippen LogP contribution is -2.50. The van der Waals surface area contributed by atoms with E-state index in [0.717, 1.165) is 54.6 Å². The highest BCUT2D eigenvalue weighted by Crippen LogP contribution is 2.26. The van der Waals surface area contributed by atoms with Crippen molar-refractivity contribution in [2.75, 3.05) is 26.2 Å². The van der Waals surface area contributed by atoms with E-state index in [1.54, 1.807) is 11.8 Å². The van der Waals surface area contributed by atoms with Crippen molar-refractivity contribution in [1.29, 1.82) is 10.7 Å². The Bertz CT molecular complexity index is 808. The third kappa shape index (κ3) is 4.54. The number of nitrogens with one attached hydrogen (secondary N) is 1. The summed E-state index contributed by atoms with van der Waals surface area (Å²) in [5.41, 5.74) is 8.51. The molecule has 0 saturated carbocycles. The Balaban J connectivity index is 1.64. The minimum atomic E-state index is 0.151. The van der Waals surface area contributed by atoms with Crippen molar-refractivity contribution in [3.05, 3.63) is 59.3 Å². The molecular formula is C19H22N6S. The molecule has 0 amide bonds. The van der Waals surface area contributed by atoms with Crippen molar-refractivity contribution in [3.63, 3.8) is 0 Å². The normalized spacial score (nSPS) is 14.8. The number of hydrogen-bond acceptors (Lipinski definition) is 5. The molecule has 6 nitrogen and oxygen atoms in total. The Hall–Kier alpha value is -2.56. The van der Waals surface area contributed by atoms with E-state index in [1.165, 1.54) is 5.56 Å². The fourth-order valence-corrected chi connectivity index (χ4v) is 3.96. The summed E-state index contributed by atoms with van der Waals surface area (Å²) in [4.78, 5) is 8.81. The van der Waals surface area contributed by atoms with Crippen molar-refractivity contribution < 1.29 is 0 Å². The number of aromatic nitrogens is 1. The minimum Gasteiger partial charge on any atom is -0.370 e. The predicted octanol–water partition coefficient (Wildman–Crippen LogP) is 2.26. The lowest BCUT2D eigenvalue weighted by atomic mass is 10.1. The largest absolute Gasteiger partial charge is 0.370 e. The van der Waals surface area contributed by atoms with Gasteiger partial charge in [0.15, 0.2) is 5.96 Å². The lowest BCUT2D eigenvalue weighted by molar-refractivity contribution is 0.172. The van der Waals surface area contributed by atoms with Crippen LogP contribution in [-0.2, 0) is 12.3 Å². The van der Waals surface area contributed by atoms with E-state index in [1.807, 2.05) is 41.4 Å². The van der Waals surface area contributed by atoms with Crippen molar-refractivity contribution >= 4 is 17.7 Å². The summed E-state index contributed by atoms with van der Waals surface area (Å²) >= 11 is 1.67. The van der Waals surface area contributed by atoms with Gasteiger partial charge in [0.25, 0.3) is 0 Å². The third-order valence-electron chi connectivity index (χ3n) is 4.46. The number of benzene rings is 1. The molecule has 1 aromatic heterocycles. The second-order valence-corrected chi connectivity index (χ2v) is 7.14. The quantitative estimate of drug-likeness (QED) is 0.479. The van der Waals surface area contributed by atoms with Gasteiger partial charge in [0.1, 0.15) is 5.03 Å². The summed E-state index contributed by atoms with van der Waals surface area (Å²) in [6.45, 7) is 4.18. The summed E-state index contributed by atoms with van der Waals surface area (Å²) in [6.07, 6.45) is 1.82. The smallest absolute Gasteiger partial charge is 0.188 e. The van der Waals surface area contributed by atoms with Crippen LogP contribution in [0.3, 0.4) is 0 Å². The molecule has 2 heterocycles. The van der Waals surface area contributed by atoms with Gasteiger partial charge in [-0.2, -0.15) is 5.26 Å². The van der Waals surface area contributed by atoms with E-state index in [2.05, 4.69) is 22.0 Å². The average molecular weight is 366 g/mol. The van der Waals surface area contributed by atoms with E-state index < -0.39 is 0 Å². The molecule has 0 radical (unpaired) electrons. The van der Waals surface area contributed by atoms with Crippen LogP contribution < -0.4 is 5.73 Å². The fraction of sp³-hybridized carbons (Fsp3) is 0.316. The van der Waals surface area contributed by atoms with Crippen molar-refractivity contribution in [1.82, 2.24) is 14.8 Å². The van der Waals surface area contributed by atoms with Gasteiger partial charge in [0.2, 0.25) is 0 Å². The molecule has 7 heteroatoms.